The number of carbonyl (C=O) groups excluding carboxylic acids is 2. The molecule has 11 nitrogen and oxygen atoms in total. The molecule has 0 saturated heterocycles. The molecule has 2 atom stereocenters. The number of rotatable bonds is 22. The van der Waals surface area contributed by atoms with E-state index < -0.39 is 27.2 Å². The molecule has 0 aliphatic carbocycles. The van der Waals surface area contributed by atoms with Crippen molar-refractivity contribution in [1.82, 2.24) is 0 Å². The van der Waals surface area contributed by atoms with E-state index in [9.17, 15) is 9.59 Å². The molecule has 0 aromatic heterocycles. The van der Waals surface area contributed by atoms with Gasteiger partial charge < -0.3 is 43.4 Å². The van der Waals surface area contributed by atoms with Crippen LogP contribution in [0.15, 0.2) is 0 Å². The van der Waals surface area contributed by atoms with E-state index >= 15 is 0 Å². The summed E-state index contributed by atoms with van der Waals surface area (Å²) in [6.45, 7) is 13.6. The van der Waals surface area contributed by atoms with Gasteiger partial charge in [-0.05, 0) is 34.6 Å². The van der Waals surface area contributed by atoms with Crippen LogP contribution in [-0.2, 0) is 42.7 Å². The van der Waals surface area contributed by atoms with E-state index in [4.69, 9.17) is 43.4 Å². The van der Waals surface area contributed by atoms with Gasteiger partial charge in [0.05, 0.1) is 83.5 Å². The zero-order chi connectivity index (χ0) is 28.4. The van der Waals surface area contributed by atoms with Crippen LogP contribution >= 0.6 is 15.9 Å². The maximum absolute atomic E-state index is 12.2. The van der Waals surface area contributed by atoms with E-state index in [2.05, 4.69) is 15.9 Å². The van der Waals surface area contributed by atoms with E-state index in [0.29, 0.717) is 52.9 Å². The Kier molecular flexibility index (Phi) is 18.8. The first-order chi connectivity index (χ1) is 17.2. The Bertz CT molecular complexity index is 587. The summed E-state index contributed by atoms with van der Waals surface area (Å²) in [6, 6.07) is 0. The number of ether oxygens (including phenoxy) is 7. The van der Waals surface area contributed by atoms with Gasteiger partial charge in [0.15, 0.2) is 0 Å². The molecule has 0 aliphatic heterocycles. The second-order valence-electron chi connectivity index (χ2n) is 10.5. The standard InChI is InChI=1S/C25H47BrO11/c1-23(2,3)21(29)36-18-25(6,19-37-22(30)24(4,5)26)17-35-14-12-33-10-8-31-7-9-32-11-13-34-16-20(28)15-27/h20,27-28H,7-19H2,1-6H3. The highest BCUT2D eigenvalue weighted by molar-refractivity contribution is 9.10. The monoisotopic (exact) mass is 602 g/mol. The highest BCUT2D eigenvalue weighted by Crippen LogP contribution is 2.24. The lowest BCUT2D eigenvalue weighted by Crippen LogP contribution is -2.39. The number of hydrogen-bond acceptors (Lipinski definition) is 11. The minimum atomic E-state index is -0.868. The fourth-order valence-corrected chi connectivity index (χ4v) is 2.48. The molecule has 0 aromatic carbocycles. The SMILES string of the molecule is CC(COCCOCCOCCOCCOCC(O)CO)(COC(=O)C(C)(C)C)COC(=O)C(C)(C)Br. The van der Waals surface area contributed by atoms with Crippen molar-refractivity contribution >= 4 is 27.9 Å². The number of aliphatic hydroxyl groups excluding tert-OH is 2. The lowest BCUT2D eigenvalue weighted by Gasteiger charge is -2.30. The van der Waals surface area contributed by atoms with E-state index in [-0.39, 0.29) is 39.0 Å². The minimum Gasteiger partial charge on any atom is -0.464 e. The maximum atomic E-state index is 12.2. The maximum Gasteiger partial charge on any atom is 0.322 e. The molecule has 2 unspecified atom stereocenters. The molecular formula is C25H47BrO11. The van der Waals surface area contributed by atoms with Gasteiger partial charge in [0.1, 0.15) is 23.6 Å². The lowest BCUT2D eigenvalue weighted by atomic mass is 9.93. The third-order valence-corrected chi connectivity index (χ3v) is 4.98. The Labute approximate surface area is 229 Å². The molecular weight excluding hydrogens is 556 g/mol. The first kappa shape index (κ1) is 36.1. The number of carbonyl (C=O) groups is 2. The van der Waals surface area contributed by atoms with E-state index in [1.165, 1.54) is 0 Å². The molecule has 0 aliphatic rings. The summed E-state index contributed by atoms with van der Waals surface area (Å²) < 4.78 is 37.2. The molecule has 0 fully saturated rings. The van der Waals surface area contributed by atoms with Crippen LogP contribution in [-0.4, -0.2) is 118 Å². The third-order valence-electron chi connectivity index (χ3n) is 4.66. The lowest BCUT2D eigenvalue weighted by molar-refractivity contribution is -0.163. The predicted molar refractivity (Wildman–Crippen MR) is 140 cm³/mol. The van der Waals surface area contributed by atoms with Crippen LogP contribution in [0.3, 0.4) is 0 Å². The second kappa shape index (κ2) is 19.2. The summed E-state index contributed by atoms with van der Waals surface area (Å²) in [5.74, 6) is -0.758. The molecule has 2 N–H and O–H groups in total. The van der Waals surface area contributed by atoms with Gasteiger partial charge >= 0.3 is 11.9 Å². The van der Waals surface area contributed by atoms with Gasteiger partial charge in [-0.3, -0.25) is 9.59 Å². The number of alkyl halides is 1. The van der Waals surface area contributed by atoms with E-state index in [1.54, 1.807) is 34.6 Å². The van der Waals surface area contributed by atoms with E-state index in [1.807, 2.05) is 6.92 Å². The zero-order valence-electron chi connectivity index (χ0n) is 23.2. The largest absolute Gasteiger partial charge is 0.464 e. The summed E-state index contributed by atoms with van der Waals surface area (Å²) in [7, 11) is 0. The van der Waals surface area contributed by atoms with Gasteiger partial charge in [-0.1, -0.05) is 22.9 Å². The van der Waals surface area contributed by atoms with Crippen molar-refractivity contribution in [1.29, 1.82) is 0 Å². The van der Waals surface area contributed by atoms with Crippen LogP contribution in [0.5, 0.6) is 0 Å². The summed E-state index contributed by atoms with van der Waals surface area (Å²) >= 11 is 3.28. The van der Waals surface area contributed by atoms with Crippen molar-refractivity contribution in [3.8, 4) is 0 Å². The quantitative estimate of drug-likeness (QED) is 0.106. The van der Waals surface area contributed by atoms with Crippen LogP contribution < -0.4 is 0 Å². The highest BCUT2D eigenvalue weighted by atomic mass is 79.9. The molecule has 0 radical (unpaired) electrons. The molecule has 12 heteroatoms. The van der Waals surface area contributed by atoms with Gasteiger partial charge in [0.2, 0.25) is 0 Å². The van der Waals surface area contributed by atoms with Gasteiger partial charge in [0.25, 0.3) is 0 Å². The Morgan fingerprint density at radius 2 is 1.08 bits per heavy atom. The summed E-state index contributed by atoms with van der Waals surface area (Å²) in [5.41, 5.74) is -1.36. The first-order valence-corrected chi connectivity index (χ1v) is 13.2. The Hall–Kier alpha value is -0.860. The fraction of sp³-hybridized carbons (Fsp3) is 0.920. The second-order valence-corrected chi connectivity index (χ2v) is 12.5. The van der Waals surface area contributed by atoms with Crippen molar-refractivity contribution in [3.05, 3.63) is 0 Å². The molecule has 0 heterocycles. The van der Waals surface area contributed by atoms with Gasteiger partial charge in [-0.15, -0.1) is 0 Å². The number of esters is 2. The first-order valence-electron chi connectivity index (χ1n) is 12.4. The fourth-order valence-electron chi connectivity index (χ4n) is 2.36. The topological polar surface area (TPSA) is 139 Å². The molecule has 37 heavy (non-hydrogen) atoms. The molecule has 220 valence electrons. The average Bonchev–Trinajstić information content (AvgIpc) is 2.82. The Morgan fingerprint density at radius 3 is 1.49 bits per heavy atom. The van der Waals surface area contributed by atoms with Crippen LogP contribution in [0.4, 0.5) is 0 Å². The van der Waals surface area contributed by atoms with Crippen LogP contribution in [0, 0.1) is 10.8 Å². The van der Waals surface area contributed by atoms with Crippen molar-refractivity contribution in [2.24, 2.45) is 10.8 Å². The Balaban J connectivity index is 4.07. The summed E-state index contributed by atoms with van der Waals surface area (Å²) in [6.07, 6.45) is -0.868. The molecule has 0 saturated carbocycles. The summed E-state index contributed by atoms with van der Waals surface area (Å²) in [4.78, 5) is 24.4. The molecule has 0 bridgehead atoms. The number of halogens is 1. The Morgan fingerprint density at radius 1 is 0.676 bits per heavy atom. The van der Waals surface area contributed by atoms with Crippen molar-refractivity contribution in [2.75, 3.05) is 85.9 Å². The van der Waals surface area contributed by atoms with Crippen LogP contribution in [0.2, 0.25) is 0 Å². The molecule has 0 rings (SSSR count). The summed E-state index contributed by atoms with van der Waals surface area (Å²) in [5, 5.41) is 17.8. The molecule has 0 aromatic rings. The van der Waals surface area contributed by atoms with Gasteiger partial charge in [-0.25, -0.2) is 0 Å². The molecule has 0 amide bonds. The predicted octanol–water partition coefficient (Wildman–Crippen LogP) is 1.73. The van der Waals surface area contributed by atoms with Gasteiger partial charge in [-0.2, -0.15) is 0 Å². The van der Waals surface area contributed by atoms with Crippen LogP contribution in [0.1, 0.15) is 41.5 Å². The van der Waals surface area contributed by atoms with Crippen molar-refractivity contribution < 1.29 is 53.0 Å². The smallest absolute Gasteiger partial charge is 0.322 e. The number of hydrogen-bond donors (Lipinski definition) is 2. The normalized spacial score (nSPS) is 14.7. The van der Waals surface area contributed by atoms with E-state index in [0.717, 1.165) is 0 Å². The average molecular weight is 604 g/mol. The highest BCUT2D eigenvalue weighted by Gasteiger charge is 2.34. The van der Waals surface area contributed by atoms with Gasteiger partial charge in [0, 0.05) is 0 Å². The third kappa shape index (κ3) is 19.8. The van der Waals surface area contributed by atoms with Crippen molar-refractivity contribution in [3.63, 3.8) is 0 Å². The molecule has 0 spiro atoms. The van der Waals surface area contributed by atoms with Crippen LogP contribution in [0.25, 0.3) is 0 Å². The minimum absolute atomic E-state index is 0.0335. The number of aliphatic hydroxyl groups is 2. The zero-order valence-corrected chi connectivity index (χ0v) is 24.8. The van der Waals surface area contributed by atoms with Crippen molar-refractivity contribution in [2.45, 2.75) is 52.0 Å².